The van der Waals surface area contributed by atoms with E-state index in [4.69, 9.17) is 5.11 Å². The van der Waals surface area contributed by atoms with Gasteiger partial charge in [-0.2, -0.15) is 31.0 Å². The smallest absolute Gasteiger partial charge is 0.402 e. The Labute approximate surface area is 96.4 Å². The number of carboxylic acid groups (broad SMARTS) is 1. The average molecular weight is 278 g/mol. The van der Waals surface area contributed by atoms with Gasteiger partial charge in [-0.05, 0) is 5.92 Å². The first kappa shape index (κ1) is 16.1. The van der Waals surface area contributed by atoms with E-state index in [1.807, 2.05) is 0 Å². The third-order valence-electron chi connectivity index (χ3n) is 1.68. The van der Waals surface area contributed by atoms with Gasteiger partial charge in [0.25, 0.3) is 10.2 Å². The number of halogens is 3. The molecule has 0 spiro atoms. The molecule has 0 rings (SSSR count). The lowest BCUT2D eigenvalue weighted by Crippen LogP contribution is -2.50. The lowest BCUT2D eigenvalue weighted by Gasteiger charge is -2.18. The van der Waals surface area contributed by atoms with E-state index in [9.17, 15) is 26.4 Å². The molecule has 0 radical (unpaired) electrons. The fraction of sp³-hybridized carbons (Fsp3) is 0.857. The van der Waals surface area contributed by atoms with Gasteiger partial charge in [0, 0.05) is 0 Å². The summed E-state index contributed by atoms with van der Waals surface area (Å²) in [6.45, 7) is 1.09. The van der Waals surface area contributed by atoms with Crippen LogP contribution in [0.4, 0.5) is 13.2 Å². The lowest BCUT2D eigenvalue weighted by atomic mass is 10.1. The van der Waals surface area contributed by atoms with Crippen molar-refractivity contribution in [3.63, 3.8) is 0 Å². The van der Waals surface area contributed by atoms with Gasteiger partial charge in [-0.3, -0.25) is 4.79 Å². The summed E-state index contributed by atoms with van der Waals surface area (Å²) in [6, 6.07) is -1.49. The van der Waals surface area contributed by atoms with Crippen molar-refractivity contribution in [2.45, 2.75) is 26.1 Å². The van der Waals surface area contributed by atoms with E-state index in [2.05, 4.69) is 0 Å². The van der Waals surface area contributed by atoms with E-state index >= 15 is 0 Å². The summed E-state index contributed by atoms with van der Waals surface area (Å²) >= 11 is 0. The predicted molar refractivity (Wildman–Crippen MR) is 52.4 cm³/mol. The van der Waals surface area contributed by atoms with Crippen molar-refractivity contribution in [2.75, 3.05) is 6.54 Å². The zero-order valence-electron chi connectivity index (χ0n) is 9.08. The highest BCUT2D eigenvalue weighted by atomic mass is 32.2. The van der Waals surface area contributed by atoms with Crippen molar-refractivity contribution < 1.29 is 31.5 Å². The van der Waals surface area contributed by atoms with E-state index in [-0.39, 0.29) is 0 Å². The van der Waals surface area contributed by atoms with Crippen LogP contribution in [0.15, 0.2) is 0 Å². The maximum absolute atomic E-state index is 11.8. The maximum Gasteiger partial charge on any atom is 0.402 e. The molecule has 0 amide bonds. The van der Waals surface area contributed by atoms with E-state index in [1.165, 1.54) is 18.6 Å². The molecule has 0 aromatic carbocycles. The van der Waals surface area contributed by atoms with E-state index in [1.54, 1.807) is 4.72 Å². The second-order valence-electron chi connectivity index (χ2n) is 3.62. The largest absolute Gasteiger partial charge is 0.480 e. The first-order valence-electron chi connectivity index (χ1n) is 4.51. The van der Waals surface area contributed by atoms with Gasteiger partial charge in [-0.25, -0.2) is 0 Å². The highest BCUT2D eigenvalue weighted by Gasteiger charge is 2.32. The molecule has 0 aliphatic rings. The molecular formula is C7H13F3N2O4S. The van der Waals surface area contributed by atoms with Crippen LogP contribution in [0, 0.1) is 5.92 Å². The van der Waals surface area contributed by atoms with Crippen molar-refractivity contribution in [3.05, 3.63) is 0 Å². The van der Waals surface area contributed by atoms with Crippen LogP contribution >= 0.6 is 0 Å². The van der Waals surface area contributed by atoms with Crippen LogP contribution in [0.1, 0.15) is 13.8 Å². The van der Waals surface area contributed by atoms with Crippen molar-refractivity contribution in [1.82, 2.24) is 9.44 Å². The van der Waals surface area contributed by atoms with Gasteiger partial charge in [-0.15, -0.1) is 0 Å². The quantitative estimate of drug-likeness (QED) is 0.641. The molecule has 0 saturated heterocycles. The first-order valence-corrected chi connectivity index (χ1v) is 5.99. The Morgan fingerprint density at radius 3 is 2.12 bits per heavy atom. The SMILES string of the molecule is CC(C)C(NS(=O)(=O)NCC(F)(F)F)C(=O)O. The molecule has 0 aliphatic heterocycles. The summed E-state index contributed by atoms with van der Waals surface area (Å²) < 4.78 is 60.4. The minimum atomic E-state index is -4.70. The minimum Gasteiger partial charge on any atom is -0.480 e. The first-order chi connectivity index (χ1) is 7.44. The van der Waals surface area contributed by atoms with Gasteiger partial charge in [0.05, 0.1) is 0 Å². The maximum atomic E-state index is 11.8. The number of nitrogens with one attached hydrogen (secondary N) is 2. The van der Waals surface area contributed by atoms with Gasteiger partial charge < -0.3 is 5.11 Å². The van der Waals surface area contributed by atoms with Crippen LogP contribution in [-0.4, -0.2) is 38.3 Å². The summed E-state index contributed by atoms with van der Waals surface area (Å²) in [5.41, 5.74) is 0. The molecule has 0 fully saturated rings. The number of hydrogen-bond acceptors (Lipinski definition) is 3. The number of carboxylic acids is 1. The summed E-state index contributed by atoms with van der Waals surface area (Å²) in [5.74, 6) is -2.06. The Balaban J connectivity index is 4.58. The fourth-order valence-corrected chi connectivity index (χ4v) is 2.00. The van der Waals surface area contributed by atoms with Crippen molar-refractivity contribution in [3.8, 4) is 0 Å². The van der Waals surface area contributed by atoms with Gasteiger partial charge in [-0.1, -0.05) is 13.8 Å². The second-order valence-corrected chi connectivity index (χ2v) is 5.15. The molecule has 1 atom stereocenters. The summed E-state index contributed by atoms with van der Waals surface area (Å²) in [6.07, 6.45) is -4.70. The third kappa shape index (κ3) is 7.13. The standard InChI is InChI=1S/C7H13F3N2O4S/c1-4(2)5(6(13)14)12-17(15,16)11-3-7(8,9)10/h4-5,11-12H,3H2,1-2H3,(H,13,14). The molecule has 102 valence electrons. The van der Waals surface area contributed by atoms with Gasteiger partial charge in [0.1, 0.15) is 12.6 Å². The third-order valence-corrected chi connectivity index (χ3v) is 2.77. The van der Waals surface area contributed by atoms with E-state index in [0.29, 0.717) is 0 Å². The van der Waals surface area contributed by atoms with Crippen LogP contribution < -0.4 is 9.44 Å². The Morgan fingerprint density at radius 2 is 1.82 bits per heavy atom. The van der Waals surface area contributed by atoms with Crippen LogP contribution in [0.3, 0.4) is 0 Å². The normalized spacial score (nSPS) is 14.9. The number of aliphatic carboxylic acids is 1. The zero-order chi connectivity index (χ0) is 13.9. The van der Waals surface area contributed by atoms with E-state index in [0.717, 1.165) is 0 Å². The average Bonchev–Trinajstić information content (AvgIpc) is 2.09. The molecule has 3 N–H and O–H groups in total. The van der Waals surface area contributed by atoms with Crippen molar-refractivity contribution in [1.29, 1.82) is 0 Å². The highest BCUT2D eigenvalue weighted by Crippen LogP contribution is 2.12. The van der Waals surface area contributed by atoms with Crippen LogP contribution in [-0.2, 0) is 15.0 Å². The van der Waals surface area contributed by atoms with Crippen LogP contribution in [0.25, 0.3) is 0 Å². The molecule has 17 heavy (non-hydrogen) atoms. The predicted octanol–water partition coefficient (Wildman–Crippen LogP) is 0.0819. The van der Waals surface area contributed by atoms with Crippen LogP contribution in [0.5, 0.6) is 0 Å². The molecule has 0 aliphatic carbocycles. The summed E-state index contributed by atoms with van der Waals surface area (Å²) in [5, 5.41) is 8.66. The molecule has 0 aromatic heterocycles. The lowest BCUT2D eigenvalue weighted by molar-refractivity contribution is -0.140. The number of alkyl halides is 3. The second kappa shape index (κ2) is 5.65. The fourth-order valence-electron chi connectivity index (χ4n) is 0.857. The summed E-state index contributed by atoms with van der Waals surface area (Å²) in [4.78, 5) is 10.6. The Morgan fingerprint density at radius 1 is 1.35 bits per heavy atom. The zero-order valence-corrected chi connectivity index (χ0v) is 9.89. The van der Waals surface area contributed by atoms with Crippen LogP contribution in [0.2, 0.25) is 0 Å². The Kier molecular flexibility index (Phi) is 5.36. The molecule has 0 aromatic rings. The number of hydrogen-bond donors (Lipinski definition) is 3. The van der Waals surface area contributed by atoms with Gasteiger partial charge in [0.15, 0.2) is 0 Å². The number of rotatable bonds is 6. The van der Waals surface area contributed by atoms with Crippen molar-refractivity contribution in [2.24, 2.45) is 5.92 Å². The van der Waals surface area contributed by atoms with Gasteiger partial charge in [0.2, 0.25) is 0 Å². The van der Waals surface area contributed by atoms with Gasteiger partial charge >= 0.3 is 12.1 Å². The topological polar surface area (TPSA) is 95.5 Å². The van der Waals surface area contributed by atoms with E-state index < -0.39 is 40.9 Å². The summed E-state index contributed by atoms with van der Waals surface area (Å²) in [7, 11) is -4.50. The number of carbonyl (C=O) groups is 1. The molecule has 0 saturated carbocycles. The Hall–Kier alpha value is -0.870. The Bertz CT molecular complexity index is 366. The minimum absolute atomic E-state index is 0.602. The molecule has 0 heterocycles. The molecule has 6 nitrogen and oxygen atoms in total. The molecule has 0 bridgehead atoms. The monoisotopic (exact) mass is 278 g/mol. The molecule has 1 unspecified atom stereocenters. The highest BCUT2D eigenvalue weighted by molar-refractivity contribution is 7.87. The van der Waals surface area contributed by atoms with Crippen molar-refractivity contribution >= 4 is 16.2 Å². The molecular weight excluding hydrogens is 265 g/mol. The molecule has 10 heteroatoms.